The molecule has 35 heavy (non-hydrogen) atoms. The molecule has 0 aliphatic carbocycles. The number of hydrogen-bond acceptors (Lipinski definition) is 5. The number of aryl methyl sites for hydroxylation is 2. The van der Waals surface area contributed by atoms with Crippen molar-refractivity contribution in [3.8, 4) is 11.5 Å². The minimum Gasteiger partial charge on any atom is -0.490 e. The van der Waals surface area contributed by atoms with Crippen molar-refractivity contribution in [3.05, 3.63) is 86.3 Å². The molecule has 0 aliphatic rings. The van der Waals surface area contributed by atoms with Gasteiger partial charge in [-0.1, -0.05) is 35.9 Å². The summed E-state index contributed by atoms with van der Waals surface area (Å²) in [5.41, 5.74) is 6.19. The van der Waals surface area contributed by atoms with Gasteiger partial charge in [0.25, 0.3) is 0 Å². The zero-order chi connectivity index (χ0) is 25.4. The zero-order valence-corrected chi connectivity index (χ0v) is 21.9. The van der Waals surface area contributed by atoms with E-state index in [-0.39, 0.29) is 0 Å². The van der Waals surface area contributed by atoms with Crippen LogP contribution in [0.1, 0.15) is 29.2 Å². The van der Waals surface area contributed by atoms with Crippen molar-refractivity contribution in [2.45, 2.75) is 27.4 Å². The highest BCUT2D eigenvalue weighted by Crippen LogP contribution is 2.37. The number of benzene rings is 3. The number of nitrogens with zero attached hydrogens (tertiary/aromatic N) is 1. The molecular weight excluding hydrogens is 534 g/mol. The van der Waals surface area contributed by atoms with Crippen molar-refractivity contribution in [1.29, 1.82) is 0 Å². The van der Waals surface area contributed by atoms with E-state index < -0.39 is 11.8 Å². The van der Waals surface area contributed by atoms with Crippen LogP contribution in [0.25, 0.3) is 0 Å². The smallest absolute Gasteiger partial charge is 0.329 e. The minimum atomic E-state index is -0.882. The first-order valence-electron chi connectivity index (χ1n) is 10.8. The lowest BCUT2D eigenvalue weighted by atomic mass is 10.1. The van der Waals surface area contributed by atoms with E-state index in [0.29, 0.717) is 45.5 Å². The van der Waals surface area contributed by atoms with Crippen LogP contribution in [0, 0.1) is 13.8 Å². The SMILES string of the molecule is CCOc1cc(/C=N/NC(=O)C(=O)Nc2cc(C)ccc2C)cc(Br)c1OCc1cccc(Cl)c1. The van der Waals surface area contributed by atoms with Crippen molar-refractivity contribution >= 4 is 51.2 Å². The average Bonchev–Trinajstić information content (AvgIpc) is 2.81. The molecule has 3 rings (SSSR count). The number of carbonyl (C=O) groups excluding carboxylic acids is 2. The second-order valence-electron chi connectivity index (χ2n) is 7.65. The Morgan fingerprint density at radius 2 is 1.86 bits per heavy atom. The van der Waals surface area contributed by atoms with Crippen LogP contribution in [-0.2, 0) is 16.2 Å². The summed E-state index contributed by atoms with van der Waals surface area (Å²) in [6, 6.07) is 16.5. The molecule has 9 heteroatoms. The highest BCUT2D eigenvalue weighted by molar-refractivity contribution is 9.10. The molecule has 0 atom stereocenters. The lowest BCUT2D eigenvalue weighted by Crippen LogP contribution is -2.32. The number of nitrogens with one attached hydrogen (secondary N) is 2. The Kier molecular flexibility index (Phi) is 9.28. The number of halogens is 2. The van der Waals surface area contributed by atoms with Gasteiger partial charge in [0.05, 0.1) is 17.3 Å². The van der Waals surface area contributed by atoms with E-state index >= 15 is 0 Å². The number of amides is 2. The fourth-order valence-electron chi connectivity index (χ4n) is 3.11. The van der Waals surface area contributed by atoms with Crippen molar-refractivity contribution < 1.29 is 19.1 Å². The van der Waals surface area contributed by atoms with E-state index in [2.05, 4.69) is 31.8 Å². The van der Waals surface area contributed by atoms with Crippen LogP contribution in [0.15, 0.2) is 64.2 Å². The van der Waals surface area contributed by atoms with Gasteiger partial charge in [-0.05, 0) is 89.3 Å². The summed E-state index contributed by atoms with van der Waals surface area (Å²) in [5.74, 6) is -0.658. The van der Waals surface area contributed by atoms with Gasteiger partial charge in [0.2, 0.25) is 0 Å². The highest BCUT2D eigenvalue weighted by Gasteiger charge is 2.15. The fraction of sp³-hybridized carbons (Fsp3) is 0.192. The molecule has 0 unspecified atom stereocenters. The Morgan fingerprint density at radius 3 is 2.60 bits per heavy atom. The third kappa shape index (κ3) is 7.56. The molecule has 2 N–H and O–H groups in total. The number of rotatable bonds is 8. The van der Waals surface area contributed by atoms with E-state index in [1.165, 1.54) is 6.21 Å². The van der Waals surface area contributed by atoms with Crippen LogP contribution in [0.3, 0.4) is 0 Å². The third-order valence-electron chi connectivity index (χ3n) is 4.83. The molecule has 0 saturated carbocycles. The van der Waals surface area contributed by atoms with Crippen LogP contribution in [0.4, 0.5) is 5.69 Å². The van der Waals surface area contributed by atoms with Crippen LogP contribution >= 0.6 is 27.5 Å². The number of anilines is 1. The van der Waals surface area contributed by atoms with Crippen LogP contribution in [0.5, 0.6) is 11.5 Å². The molecule has 3 aromatic rings. The molecule has 0 radical (unpaired) electrons. The quantitative estimate of drug-likeness (QED) is 0.208. The predicted octanol–water partition coefficient (Wildman–Crippen LogP) is 5.79. The van der Waals surface area contributed by atoms with E-state index in [0.717, 1.165) is 16.7 Å². The normalized spacial score (nSPS) is 10.8. The van der Waals surface area contributed by atoms with Crippen molar-refractivity contribution in [3.63, 3.8) is 0 Å². The van der Waals surface area contributed by atoms with Gasteiger partial charge < -0.3 is 14.8 Å². The summed E-state index contributed by atoms with van der Waals surface area (Å²) in [6.07, 6.45) is 1.41. The summed E-state index contributed by atoms with van der Waals surface area (Å²) < 4.78 is 12.3. The van der Waals surface area contributed by atoms with Gasteiger partial charge in [0, 0.05) is 10.7 Å². The summed E-state index contributed by atoms with van der Waals surface area (Å²) >= 11 is 9.55. The molecule has 7 nitrogen and oxygen atoms in total. The second-order valence-corrected chi connectivity index (χ2v) is 8.94. The van der Waals surface area contributed by atoms with Gasteiger partial charge in [-0.3, -0.25) is 9.59 Å². The summed E-state index contributed by atoms with van der Waals surface area (Å²) in [4.78, 5) is 24.4. The molecule has 0 saturated heterocycles. The van der Waals surface area contributed by atoms with E-state index in [9.17, 15) is 9.59 Å². The van der Waals surface area contributed by atoms with Crippen molar-refractivity contribution in [2.24, 2.45) is 5.10 Å². The Morgan fingerprint density at radius 1 is 1.06 bits per heavy atom. The Bertz CT molecular complexity index is 1260. The summed E-state index contributed by atoms with van der Waals surface area (Å²) in [5, 5.41) is 7.13. The second kappa shape index (κ2) is 12.4. The lowest BCUT2D eigenvalue weighted by molar-refractivity contribution is -0.136. The summed E-state index contributed by atoms with van der Waals surface area (Å²) in [7, 11) is 0. The number of ether oxygens (including phenoxy) is 2. The third-order valence-corrected chi connectivity index (χ3v) is 5.66. The highest BCUT2D eigenvalue weighted by atomic mass is 79.9. The topological polar surface area (TPSA) is 89.0 Å². The molecule has 0 spiro atoms. The zero-order valence-electron chi connectivity index (χ0n) is 19.5. The van der Waals surface area contributed by atoms with Gasteiger partial charge in [-0.25, -0.2) is 5.43 Å². The largest absolute Gasteiger partial charge is 0.490 e. The monoisotopic (exact) mass is 557 g/mol. The molecule has 2 amide bonds. The Balaban J connectivity index is 1.66. The first kappa shape index (κ1) is 26.2. The van der Waals surface area contributed by atoms with E-state index in [1.54, 1.807) is 24.3 Å². The first-order chi connectivity index (χ1) is 16.8. The number of carbonyl (C=O) groups is 2. The molecule has 0 fully saturated rings. The molecule has 3 aromatic carbocycles. The molecule has 182 valence electrons. The van der Waals surface area contributed by atoms with Crippen LogP contribution < -0.4 is 20.2 Å². The lowest BCUT2D eigenvalue weighted by Gasteiger charge is -2.15. The van der Waals surface area contributed by atoms with Gasteiger partial charge in [-0.2, -0.15) is 5.10 Å². The predicted molar refractivity (Wildman–Crippen MR) is 141 cm³/mol. The molecule has 0 aromatic heterocycles. The van der Waals surface area contributed by atoms with Crippen molar-refractivity contribution in [1.82, 2.24) is 5.43 Å². The maximum Gasteiger partial charge on any atom is 0.329 e. The van der Waals surface area contributed by atoms with Gasteiger partial charge in [0.1, 0.15) is 6.61 Å². The van der Waals surface area contributed by atoms with Gasteiger partial charge in [0.15, 0.2) is 11.5 Å². The Labute approximate surface area is 217 Å². The average molecular weight is 559 g/mol. The molecular formula is C26H25BrClN3O4. The van der Waals surface area contributed by atoms with E-state index in [1.807, 2.05) is 51.1 Å². The van der Waals surface area contributed by atoms with Crippen molar-refractivity contribution in [2.75, 3.05) is 11.9 Å². The van der Waals surface area contributed by atoms with Gasteiger partial charge in [-0.15, -0.1) is 0 Å². The number of hydrogen-bond donors (Lipinski definition) is 2. The fourth-order valence-corrected chi connectivity index (χ4v) is 3.90. The summed E-state index contributed by atoms with van der Waals surface area (Å²) in [6.45, 7) is 6.35. The molecule has 0 heterocycles. The number of hydrazone groups is 1. The molecule has 0 aliphatic heterocycles. The standard InChI is InChI=1S/C26H25BrClN3O4/c1-4-34-23-13-19(12-21(27)24(23)35-15-18-6-5-7-20(28)11-18)14-29-31-26(33)25(32)30-22-10-16(2)8-9-17(22)3/h5-14H,4,15H2,1-3H3,(H,30,32)(H,31,33)/b29-14+. The van der Waals surface area contributed by atoms with Gasteiger partial charge >= 0.3 is 11.8 Å². The minimum absolute atomic E-state index is 0.304. The van der Waals surface area contributed by atoms with E-state index in [4.69, 9.17) is 21.1 Å². The maximum absolute atomic E-state index is 12.2. The maximum atomic E-state index is 12.2. The van der Waals surface area contributed by atoms with Crippen LogP contribution in [0.2, 0.25) is 5.02 Å². The first-order valence-corrected chi connectivity index (χ1v) is 12.0. The molecule has 0 bridgehead atoms. The Hall–Kier alpha value is -3.36. The van der Waals surface area contributed by atoms with Crippen LogP contribution in [-0.4, -0.2) is 24.6 Å².